The number of halogens is 1. The first-order chi connectivity index (χ1) is 11.6. The predicted octanol–water partition coefficient (Wildman–Crippen LogP) is 2.66. The number of benzene rings is 1. The molecule has 0 radical (unpaired) electrons. The quantitative estimate of drug-likeness (QED) is 0.873. The van der Waals surface area contributed by atoms with Gasteiger partial charge in [0.2, 0.25) is 0 Å². The van der Waals surface area contributed by atoms with Crippen molar-refractivity contribution in [2.24, 2.45) is 0 Å². The van der Waals surface area contributed by atoms with Crippen LogP contribution in [0.25, 0.3) is 11.3 Å². The number of hydrogen-bond acceptors (Lipinski definition) is 3. The Morgan fingerprint density at radius 2 is 2.21 bits per heavy atom. The Bertz CT molecular complexity index is 772. The fraction of sp³-hybridized carbons (Fsp3) is 0.294. The van der Waals surface area contributed by atoms with Gasteiger partial charge >= 0.3 is 6.03 Å². The van der Waals surface area contributed by atoms with E-state index < -0.39 is 0 Å². The highest BCUT2D eigenvalue weighted by atomic mass is 35.5. The summed E-state index contributed by atoms with van der Waals surface area (Å²) in [6.07, 6.45) is 0. The van der Waals surface area contributed by atoms with Crippen molar-refractivity contribution in [2.75, 3.05) is 26.2 Å². The third-order valence-electron chi connectivity index (χ3n) is 3.91. The van der Waals surface area contributed by atoms with E-state index in [0.29, 0.717) is 48.3 Å². The maximum absolute atomic E-state index is 12.3. The molecule has 1 aromatic heterocycles. The summed E-state index contributed by atoms with van der Waals surface area (Å²) in [5.41, 5.74) is 1.21. The van der Waals surface area contributed by atoms with Crippen LogP contribution in [0.3, 0.4) is 0 Å². The Labute approximate surface area is 144 Å². The van der Waals surface area contributed by atoms with Crippen LogP contribution in [0.2, 0.25) is 5.02 Å². The number of amides is 3. The largest absolute Gasteiger partial charge is 0.460 e. The molecule has 6 nitrogen and oxygen atoms in total. The molecular formula is C17H18ClN3O3. The van der Waals surface area contributed by atoms with Crippen molar-refractivity contribution in [3.05, 3.63) is 46.7 Å². The topological polar surface area (TPSA) is 74.6 Å². The van der Waals surface area contributed by atoms with Crippen molar-refractivity contribution < 1.29 is 14.0 Å². The zero-order valence-corrected chi connectivity index (χ0v) is 14.0. The Kier molecular flexibility index (Phi) is 4.76. The lowest BCUT2D eigenvalue weighted by molar-refractivity contribution is 0.0948. The molecule has 1 aliphatic heterocycles. The summed E-state index contributed by atoms with van der Waals surface area (Å²) in [7, 11) is 0. The molecule has 0 aliphatic carbocycles. The van der Waals surface area contributed by atoms with E-state index in [1.807, 2.05) is 18.2 Å². The van der Waals surface area contributed by atoms with Gasteiger partial charge in [0, 0.05) is 31.7 Å². The van der Waals surface area contributed by atoms with Gasteiger partial charge in [-0.05, 0) is 25.1 Å². The molecule has 1 aliphatic rings. The van der Waals surface area contributed by atoms with Gasteiger partial charge in [-0.25, -0.2) is 4.79 Å². The molecule has 0 bridgehead atoms. The van der Waals surface area contributed by atoms with Crippen LogP contribution in [0.5, 0.6) is 0 Å². The molecule has 3 rings (SSSR count). The number of nitrogens with one attached hydrogen (secondary N) is 2. The lowest BCUT2D eigenvalue weighted by atomic mass is 10.1. The molecule has 0 atom stereocenters. The lowest BCUT2D eigenvalue weighted by Gasteiger charge is -2.14. The second-order valence-corrected chi connectivity index (χ2v) is 5.94. The fourth-order valence-electron chi connectivity index (χ4n) is 2.63. The molecule has 0 saturated carbocycles. The number of carbonyl (C=O) groups is 2. The Balaban J connectivity index is 1.65. The highest BCUT2D eigenvalue weighted by Crippen LogP contribution is 2.30. The normalized spacial score (nSPS) is 13.9. The van der Waals surface area contributed by atoms with Crippen LogP contribution >= 0.6 is 11.6 Å². The molecular weight excluding hydrogens is 330 g/mol. The zero-order valence-electron chi connectivity index (χ0n) is 13.3. The first-order valence-corrected chi connectivity index (χ1v) is 8.10. The van der Waals surface area contributed by atoms with Gasteiger partial charge in [0.05, 0.1) is 10.6 Å². The second-order valence-electron chi connectivity index (χ2n) is 5.54. The highest BCUT2D eigenvalue weighted by molar-refractivity contribution is 6.33. The van der Waals surface area contributed by atoms with Crippen LogP contribution in [0.1, 0.15) is 16.1 Å². The molecule has 3 amide bonds. The van der Waals surface area contributed by atoms with Gasteiger partial charge in [-0.15, -0.1) is 0 Å². The van der Waals surface area contributed by atoms with Crippen molar-refractivity contribution in [2.45, 2.75) is 6.92 Å². The van der Waals surface area contributed by atoms with Crippen LogP contribution in [0, 0.1) is 6.92 Å². The van der Waals surface area contributed by atoms with Gasteiger partial charge in [-0.3, -0.25) is 4.79 Å². The summed E-state index contributed by atoms with van der Waals surface area (Å²) in [6.45, 7) is 3.91. The number of aryl methyl sites for hydroxylation is 1. The minimum atomic E-state index is -0.228. The minimum absolute atomic E-state index is 0.0928. The van der Waals surface area contributed by atoms with Gasteiger partial charge in [-0.2, -0.15) is 0 Å². The summed E-state index contributed by atoms with van der Waals surface area (Å²) in [6, 6.07) is 8.91. The summed E-state index contributed by atoms with van der Waals surface area (Å²) in [4.78, 5) is 25.4. The average Bonchev–Trinajstić information content (AvgIpc) is 3.14. The van der Waals surface area contributed by atoms with Crippen LogP contribution in [-0.4, -0.2) is 43.0 Å². The molecule has 126 valence electrons. The van der Waals surface area contributed by atoms with Gasteiger partial charge in [0.15, 0.2) is 0 Å². The zero-order chi connectivity index (χ0) is 17.1. The highest BCUT2D eigenvalue weighted by Gasteiger charge is 2.20. The molecule has 24 heavy (non-hydrogen) atoms. The van der Waals surface area contributed by atoms with E-state index >= 15 is 0 Å². The summed E-state index contributed by atoms with van der Waals surface area (Å²) >= 11 is 6.17. The smallest absolute Gasteiger partial charge is 0.317 e. The summed E-state index contributed by atoms with van der Waals surface area (Å²) < 4.78 is 5.68. The predicted molar refractivity (Wildman–Crippen MR) is 91.2 cm³/mol. The molecule has 2 heterocycles. The first kappa shape index (κ1) is 16.4. The number of furan rings is 1. The first-order valence-electron chi connectivity index (χ1n) is 7.72. The number of rotatable bonds is 5. The van der Waals surface area contributed by atoms with E-state index in [0.717, 1.165) is 5.56 Å². The monoisotopic (exact) mass is 347 g/mol. The third-order valence-corrected chi connectivity index (χ3v) is 4.24. The van der Waals surface area contributed by atoms with Gasteiger partial charge in [0.1, 0.15) is 11.5 Å². The summed E-state index contributed by atoms with van der Waals surface area (Å²) in [5, 5.41) is 6.10. The molecule has 0 unspecified atom stereocenters. The SMILES string of the molecule is Cc1oc(-c2ccccc2Cl)cc1C(=O)NCCN1CCNC1=O. The van der Waals surface area contributed by atoms with Crippen molar-refractivity contribution >= 4 is 23.5 Å². The van der Waals surface area contributed by atoms with Crippen LogP contribution in [0.4, 0.5) is 4.79 Å². The molecule has 7 heteroatoms. The van der Waals surface area contributed by atoms with Crippen LogP contribution in [-0.2, 0) is 0 Å². The molecule has 1 fully saturated rings. The van der Waals surface area contributed by atoms with Crippen molar-refractivity contribution in [1.82, 2.24) is 15.5 Å². The average molecular weight is 348 g/mol. The van der Waals surface area contributed by atoms with E-state index in [1.54, 1.807) is 24.0 Å². The molecule has 2 aromatic rings. The number of urea groups is 1. The maximum atomic E-state index is 12.3. The van der Waals surface area contributed by atoms with Gasteiger partial charge in [-0.1, -0.05) is 23.7 Å². The van der Waals surface area contributed by atoms with E-state index in [9.17, 15) is 9.59 Å². The minimum Gasteiger partial charge on any atom is -0.460 e. The Hall–Kier alpha value is -2.47. The molecule has 2 N–H and O–H groups in total. The van der Waals surface area contributed by atoms with Crippen molar-refractivity contribution in [1.29, 1.82) is 0 Å². The van der Waals surface area contributed by atoms with Crippen LogP contribution in [0.15, 0.2) is 34.7 Å². The van der Waals surface area contributed by atoms with Crippen molar-refractivity contribution in [3.8, 4) is 11.3 Å². The van der Waals surface area contributed by atoms with Gasteiger partial charge in [0.25, 0.3) is 5.91 Å². The van der Waals surface area contributed by atoms with E-state index in [4.69, 9.17) is 16.0 Å². The molecule has 1 saturated heterocycles. The molecule has 0 spiro atoms. The Morgan fingerprint density at radius 1 is 1.42 bits per heavy atom. The summed E-state index contributed by atoms with van der Waals surface area (Å²) in [5.74, 6) is 0.859. The van der Waals surface area contributed by atoms with E-state index in [2.05, 4.69) is 10.6 Å². The molecule has 1 aromatic carbocycles. The number of hydrogen-bond donors (Lipinski definition) is 2. The fourth-order valence-corrected chi connectivity index (χ4v) is 2.85. The van der Waals surface area contributed by atoms with E-state index in [1.165, 1.54) is 0 Å². The lowest BCUT2D eigenvalue weighted by Crippen LogP contribution is -2.36. The second kappa shape index (κ2) is 6.97. The van der Waals surface area contributed by atoms with Crippen LogP contribution < -0.4 is 10.6 Å². The van der Waals surface area contributed by atoms with E-state index in [-0.39, 0.29) is 11.9 Å². The Morgan fingerprint density at radius 3 is 2.92 bits per heavy atom. The van der Waals surface area contributed by atoms with Gasteiger partial charge < -0.3 is 20.0 Å². The number of carbonyl (C=O) groups excluding carboxylic acids is 2. The third kappa shape index (κ3) is 3.38. The number of nitrogens with zero attached hydrogens (tertiary/aromatic N) is 1. The standard InChI is InChI=1S/C17H18ClN3O3/c1-11-13(10-15(24-11)12-4-2-3-5-14(12)18)16(22)19-6-8-21-9-7-20-17(21)23/h2-5,10H,6-9H2,1H3,(H,19,22)(H,20,23). The van der Waals surface area contributed by atoms with Crippen molar-refractivity contribution in [3.63, 3.8) is 0 Å². The maximum Gasteiger partial charge on any atom is 0.317 e.